The highest BCUT2D eigenvalue weighted by molar-refractivity contribution is 7.16. The lowest BCUT2D eigenvalue weighted by molar-refractivity contribution is 0.102. The van der Waals surface area contributed by atoms with E-state index in [1.807, 2.05) is 0 Å². The van der Waals surface area contributed by atoms with E-state index >= 15 is 0 Å². The molecule has 0 unspecified atom stereocenters. The van der Waals surface area contributed by atoms with Crippen molar-refractivity contribution < 1.29 is 4.79 Å². The number of fused-ring (bicyclic) bond motifs is 1. The van der Waals surface area contributed by atoms with E-state index in [4.69, 9.17) is 11.6 Å². The normalized spacial score (nSPS) is 12.8. The van der Waals surface area contributed by atoms with Gasteiger partial charge in [-0.25, -0.2) is 0 Å². The van der Waals surface area contributed by atoms with Crippen LogP contribution in [0.4, 0.5) is 5.00 Å². The molecular weight excluding hydrogens is 292 g/mol. The molecule has 0 saturated heterocycles. The van der Waals surface area contributed by atoms with Crippen molar-refractivity contribution in [3.63, 3.8) is 0 Å². The zero-order valence-electron chi connectivity index (χ0n) is 10.6. The Morgan fingerprint density at radius 1 is 1.30 bits per heavy atom. The average Bonchev–Trinajstić information content (AvgIpc) is 2.99. The molecule has 1 aliphatic carbocycles. The predicted octanol–water partition coefficient (Wildman–Crippen LogP) is 4.01. The summed E-state index contributed by atoms with van der Waals surface area (Å²) in [5.74, 6) is -0.210. The fourth-order valence-electron chi connectivity index (χ4n) is 2.39. The quantitative estimate of drug-likeness (QED) is 0.911. The first-order valence-corrected chi connectivity index (χ1v) is 7.50. The number of halogens is 1. The smallest absolute Gasteiger partial charge is 0.256 e. The van der Waals surface area contributed by atoms with Crippen molar-refractivity contribution in [1.29, 1.82) is 5.26 Å². The molecule has 1 heterocycles. The minimum absolute atomic E-state index is 0.210. The lowest BCUT2D eigenvalue weighted by Crippen LogP contribution is -2.11. The van der Waals surface area contributed by atoms with Crippen molar-refractivity contribution in [3.8, 4) is 6.07 Å². The van der Waals surface area contributed by atoms with Gasteiger partial charge in [0.25, 0.3) is 5.91 Å². The molecule has 20 heavy (non-hydrogen) atoms. The maximum Gasteiger partial charge on any atom is 0.256 e. The van der Waals surface area contributed by atoms with Gasteiger partial charge >= 0.3 is 0 Å². The first-order valence-electron chi connectivity index (χ1n) is 6.30. The molecule has 100 valence electrons. The van der Waals surface area contributed by atoms with E-state index in [0.29, 0.717) is 21.2 Å². The lowest BCUT2D eigenvalue weighted by Gasteiger charge is -2.04. The fraction of sp³-hybridized carbons (Fsp3) is 0.200. The number of rotatable bonds is 2. The highest BCUT2D eigenvalue weighted by Gasteiger charge is 2.23. The number of carbonyl (C=O) groups is 1. The lowest BCUT2D eigenvalue weighted by atomic mass is 10.1. The van der Waals surface area contributed by atoms with Crippen LogP contribution in [-0.4, -0.2) is 5.91 Å². The van der Waals surface area contributed by atoms with Crippen LogP contribution in [0.15, 0.2) is 24.3 Å². The van der Waals surface area contributed by atoms with Crippen LogP contribution < -0.4 is 5.32 Å². The second kappa shape index (κ2) is 5.28. The number of amides is 1. The molecule has 0 radical (unpaired) electrons. The molecule has 0 bridgehead atoms. The van der Waals surface area contributed by atoms with Crippen molar-refractivity contribution >= 4 is 33.8 Å². The highest BCUT2D eigenvalue weighted by Crippen LogP contribution is 2.38. The third-order valence-corrected chi connectivity index (χ3v) is 4.83. The molecular formula is C15H11ClN2OS. The van der Waals surface area contributed by atoms with E-state index in [9.17, 15) is 10.1 Å². The number of anilines is 1. The number of hydrogen-bond donors (Lipinski definition) is 1. The van der Waals surface area contributed by atoms with E-state index in [2.05, 4.69) is 11.4 Å². The van der Waals surface area contributed by atoms with E-state index in [1.54, 1.807) is 24.3 Å². The Morgan fingerprint density at radius 2 is 2.05 bits per heavy atom. The molecule has 5 heteroatoms. The number of benzene rings is 1. The monoisotopic (exact) mass is 302 g/mol. The molecule has 1 N–H and O–H groups in total. The molecule has 3 rings (SSSR count). The minimum atomic E-state index is -0.210. The van der Waals surface area contributed by atoms with E-state index < -0.39 is 0 Å². The summed E-state index contributed by atoms with van der Waals surface area (Å²) in [6, 6.07) is 8.91. The van der Waals surface area contributed by atoms with Crippen LogP contribution in [0, 0.1) is 11.3 Å². The summed E-state index contributed by atoms with van der Waals surface area (Å²) in [4.78, 5) is 13.4. The summed E-state index contributed by atoms with van der Waals surface area (Å²) < 4.78 is 0. The second-order valence-electron chi connectivity index (χ2n) is 4.63. The van der Waals surface area contributed by atoms with Crippen LogP contribution in [-0.2, 0) is 12.8 Å². The molecule has 0 spiro atoms. The van der Waals surface area contributed by atoms with Gasteiger partial charge in [0.05, 0.1) is 5.56 Å². The van der Waals surface area contributed by atoms with E-state index in [-0.39, 0.29) is 5.91 Å². The van der Waals surface area contributed by atoms with Crippen LogP contribution in [0.5, 0.6) is 0 Å². The van der Waals surface area contributed by atoms with Crippen LogP contribution in [0.1, 0.15) is 32.8 Å². The van der Waals surface area contributed by atoms with Gasteiger partial charge in [0.2, 0.25) is 0 Å². The topological polar surface area (TPSA) is 52.9 Å². The number of nitrogens with zero attached hydrogens (tertiary/aromatic N) is 1. The molecule has 0 aliphatic heterocycles. The minimum Gasteiger partial charge on any atom is -0.312 e. The Hall–Kier alpha value is -1.83. The maximum absolute atomic E-state index is 12.2. The van der Waals surface area contributed by atoms with Crippen LogP contribution in [0.2, 0.25) is 5.02 Å². The van der Waals surface area contributed by atoms with E-state index in [0.717, 1.165) is 24.8 Å². The number of nitrogens with one attached hydrogen (secondary N) is 1. The zero-order valence-corrected chi connectivity index (χ0v) is 12.1. The Balaban J connectivity index is 1.87. The molecule has 2 aromatic rings. The molecule has 1 amide bonds. The molecule has 1 aromatic heterocycles. The van der Waals surface area contributed by atoms with Gasteiger partial charge < -0.3 is 5.32 Å². The molecule has 1 aromatic carbocycles. The largest absolute Gasteiger partial charge is 0.312 e. The molecule has 3 nitrogen and oxygen atoms in total. The van der Waals surface area contributed by atoms with E-state index in [1.165, 1.54) is 16.2 Å². The molecule has 1 aliphatic rings. The molecule has 0 fully saturated rings. The SMILES string of the molecule is N#Cc1c(NC(=O)c2ccc(Cl)cc2)sc2c1CCC2. The van der Waals surface area contributed by atoms with Crippen LogP contribution in [0.3, 0.4) is 0 Å². The zero-order chi connectivity index (χ0) is 14.1. The summed E-state index contributed by atoms with van der Waals surface area (Å²) >= 11 is 7.32. The third kappa shape index (κ3) is 2.31. The first kappa shape index (κ1) is 13.2. The number of hydrogen-bond acceptors (Lipinski definition) is 3. The Bertz CT molecular complexity index is 713. The second-order valence-corrected chi connectivity index (χ2v) is 6.18. The van der Waals surface area contributed by atoms with Crippen molar-refractivity contribution in [1.82, 2.24) is 0 Å². The summed E-state index contributed by atoms with van der Waals surface area (Å²) in [7, 11) is 0. The van der Waals surface area contributed by atoms with Crippen molar-refractivity contribution in [3.05, 3.63) is 50.9 Å². The summed E-state index contributed by atoms with van der Waals surface area (Å²) in [6.45, 7) is 0. The number of aryl methyl sites for hydroxylation is 1. The van der Waals surface area contributed by atoms with Gasteiger partial charge in [-0.1, -0.05) is 11.6 Å². The molecule has 0 saturated carbocycles. The number of nitriles is 1. The van der Waals surface area contributed by atoms with Crippen molar-refractivity contribution in [2.45, 2.75) is 19.3 Å². The predicted molar refractivity (Wildman–Crippen MR) is 80.5 cm³/mol. The van der Waals surface area contributed by atoms with Gasteiger partial charge in [-0.05, 0) is 49.1 Å². The van der Waals surface area contributed by atoms with Gasteiger partial charge in [-0.2, -0.15) is 5.26 Å². The van der Waals surface area contributed by atoms with Crippen molar-refractivity contribution in [2.75, 3.05) is 5.32 Å². The van der Waals surface area contributed by atoms with Gasteiger partial charge in [0, 0.05) is 15.5 Å². The Kier molecular flexibility index (Phi) is 3.47. The van der Waals surface area contributed by atoms with Gasteiger partial charge in [0.15, 0.2) is 0 Å². The summed E-state index contributed by atoms with van der Waals surface area (Å²) in [5, 5.41) is 13.4. The van der Waals surface area contributed by atoms with Crippen molar-refractivity contribution in [2.24, 2.45) is 0 Å². The first-order chi connectivity index (χ1) is 9.69. The average molecular weight is 303 g/mol. The summed E-state index contributed by atoms with van der Waals surface area (Å²) in [5.41, 5.74) is 2.28. The van der Waals surface area contributed by atoms with Gasteiger partial charge in [-0.15, -0.1) is 11.3 Å². The maximum atomic E-state index is 12.2. The van der Waals surface area contributed by atoms with Crippen LogP contribution >= 0.6 is 22.9 Å². The fourth-order valence-corrected chi connectivity index (χ4v) is 3.75. The van der Waals surface area contributed by atoms with Gasteiger partial charge in [-0.3, -0.25) is 4.79 Å². The van der Waals surface area contributed by atoms with Gasteiger partial charge in [0.1, 0.15) is 11.1 Å². The van der Waals surface area contributed by atoms with Crippen LogP contribution in [0.25, 0.3) is 0 Å². The molecule has 0 atom stereocenters. The Labute approximate surface area is 125 Å². The summed E-state index contributed by atoms with van der Waals surface area (Å²) in [6.07, 6.45) is 3.04. The Morgan fingerprint density at radius 3 is 2.75 bits per heavy atom. The number of carbonyl (C=O) groups excluding carboxylic acids is 1. The number of thiophene rings is 1. The highest BCUT2D eigenvalue weighted by atomic mass is 35.5. The third-order valence-electron chi connectivity index (χ3n) is 3.37. The standard InChI is InChI=1S/C15H11ClN2OS/c16-10-6-4-9(5-7-10)14(19)18-15-12(8-17)11-2-1-3-13(11)20-15/h4-7H,1-3H2,(H,18,19).